The smallest absolute Gasteiger partial charge is 0.239 e. The van der Waals surface area contributed by atoms with E-state index in [0.29, 0.717) is 11.9 Å². The minimum Gasteiger partial charge on any atom is -0.357 e. The van der Waals surface area contributed by atoms with Crippen molar-refractivity contribution in [3.05, 3.63) is 0 Å². The Labute approximate surface area is 183 Å². The van der Waals surface area contributed by atoms with Crippen molar-refractivity contribution in [1.82, 2.24) is 24.9 Å². The molecule has 30 heavy (non-hydrogen) atoms. The zero-order valence-electron chi connectivity index (χ0n) is 19.8. The predicted octanol–water partition coefficient (Wildman–Crippen LogP) is 1.70. The van der Waals surface area contributed by atoms with Gasteiger partial charge in [-0.2, -0.15) is 0 Å². The molecule has 2 unspecified atom stereocenters. The SMILES string of the molecule is CCNC(=NCC(C)N1CCC(C)CC1)N1CCN(C(C)C(=O)N2CCCC2)CC1. The largest absolute Gasteiger partial charge is 0.357 e. The third-order valence-electron chi connectivity index (χ3n) is 7.22. The Morgan fingerprint density at radius 2 is 1.57 bits per heavy atom. The molecule has 0 radical (unpaired) electrons. The number of aliphatic imine (C=N–C) groups is 1. The van der Waals surface area contributed by atoms with Gasteiger partial charge in [0.25, 0.3) is 0 Å². The molecular weight excluding hydrogens is 376 g/mol. The summed E-state index contributed by atoms with van der Waals surface area (Å²) in [6.45, 7) is 18.6. The quantitative estimate of drug-likeness (QED) is 0.524. The first kappa shape index (κ1) is 23.3. The van der Waals surface area contributed by atoms with Gasteiger partial charge in [0, 0.05) is 51.9 Å². The van der Waals surface area contributed by atoms with Gasteiger partial charge in [0.05, 0.1) is 12.6 Å². The van der Waals surface area contributed by atoms with Crippen LogP contribution in [0.3, 0.4) is 0 Å². The van der Waals surface area contributed by atoms with E-state index in [0.717, 1.165) is 77.1 Å². The van der Waals surface area contributed by atoms with Crippen molar-refractivity contribution in [2.24, 2.45) is 10.9 Å². The van der Waals surface area contributed by atoms with E-state index >= 15 is 0 Å². The van der Waals surface area contributed by atoms with Crippen LogP contribution in [0.2, 0.25) is 0 Å². The van der Waals surface area contributed by atoms with Crippen LogP contribution >= 0.6 is 0 Å². The molecule has 0 aliphatic carbocycles. The number of likely N-dealkylation sites (tertiary alicyclic amines) is 2. The molecule has 3 aliphatic rings. The Balaban J connectivity index is 1.49. The van der Waals surface area contributed by atoms with Crippen molar-refractivity contribution in [2.75, 3.05) is 65.4 Å². The average Bonchev–Trinajstić information content (AvgIpc) is 3.31. The fourth-order valence-corrected chi connectivity index (χ4v) is 4.91. The Hall–Kier alpha value is -1.34. The predicted molar refractivity (Wildman–Crippen MR) is 124 cm³/mol. The molecule has 1 amide bonds. The van der Waals surface area contributed by atoms with Crippen molar-refractivity contribution < 1.29 is 4.79 Å². The number of rotatable bonds is 6. The zero-order valence-corrected chi connectivity index (χ0v) is 19.8. The highest BCUT2D eigenvalue weighted by Crippen LogP contribution is 2.18. The number of nitrogens with one attached hydrogen (secondary N) is 1. The second-order valence-electron chi connectivity index (χ2n) is 9.49. The van der Waals surface area contributed by atoms with Crippen molar-refractivity contribution in [3.8, 4) is 0 Å². The van der Waals surface area contributed by atoms with Crippen LogP contribution in [0.25, 0.3) is 0 Å². The molecule has 7 heteroatoms. The maximum Gasteiger partial charge on any atom is 0.239 e. The van der Waals surface area contributed by atoms with Gasteiger partial charge in [0.2, 0.25) is 5.91 Å². The Morgan fingerprint density at radius 1 is 0.933 bits per heavy atom. The first-order chi connectivity index (χ1) is 14.5. The van der Waals surface area contributed by atoms with Gasteiger partial charge in [-0.3, -0.25) is 19.6 Å². The van der Waals surface area contributed by atoms with E-state index in [9.17, 15) is 4.79 Å². The second kappa shape index (κ2) is 11.3. The summed E-state index contributed by atoms with van der Waals surface area (Å²) < 4.78 is 0. The van der Waals surface area contributed by atoms with Crippen molar-refractivity contribution in [2.45, 2.75) is 65.5 Å². The third kappa shape index (κ3) is 6.10. The maximum absolute atomic E-state index is 12.7. The highest BCUT2D eigenvalue weighted by molar-refractivity contribution is 5.82. The summed E-state index contributed by atoms with van der Waals surface area (Å²) >= 11 is 0. The fourth-order valence-electron chi connectivity index (χ4n) is 4.91. The molecule has 7 nitrogen and oxygen atoms in total. The molecule has 0 spiro atoms. The van der Waals surface area contributed by atoms with Crippen LogP contribution < -0.4 is 5.32 Å². The first-order valence-electron chi connectivity index (χ1n) is 12.3. The molecule has 172 valence electrons. The summed E-state index contributed by atoms with van der Waals surface area (Å²) in [6, 6.07) is 0.483. The maximum atomic E-state index is 12.7. The van der Waals surface area contributed by atoms with Gasteiger partial charge in [-0.25, -0.2) is 0 Å². The standard InChI is InChI=1S/C23H44N6O/c1-5-24-23(25-18-20(3)26-12-8-19(2)9-13-26)29-16-14-27(15-17-29)21(4)22(30)28-10-6-7-11-28/h19-21H,5-18H2,1-4H3,(H,24,25). The monoisotopic (exact) mass is 420 g/mol. The van der Waals surface area contributed by atoms with Gasteiger partial charge in [-0.1, -0.05) is 6.92 Å². The minimum atomic E-state index is -0.00807. The molecule has 0 aromatic rings. The summed E-state index contributed by atoms with van der Waals surface area (Å²) in [7, 11) is 0. The summed E-state index contributed by atoms with van der Waals surface area (Å²) in [5.41, 5.74) is 0. The van der Waals surface area contributed by atoms with Crippen LogP contribution in [0, 0.1) is 5.92 Å². The van der Waals surface area contributed by atoms with Crippen LogP contribution in [0.5, 0.6) is 0 Å². The van der Waals surface area contributed by atoms with Gasteiger partial charge in [0.15, 0.2) is 5.96 Å². The lowest BCUT2D eigenvalue weighted by Crippen LogP contribution is -2.57. The molecule has 0 saturated carbocycles. The Kier molecular flexibility index (Phi) is 8.81. The van der Waals surface area contributed by atoms with Crippen molar-refractivity contribution in [3.63, 3.8) is 0 Å². The number of nitrogens with zero attached hydrogens (tertiary/aromatic N) is 5. The number of carbonyl (C=O) groups excluding carboxylic acids is 1. The lowest BCUT2D eigenvalue weighted by atomic mass is 9.98. The van der Waals surface area contributed by atoms with Crippen LogP contribution in [0.1, 0.15) is 53.4 Å². The fraction of sp³-hybridized carbons (Fsp3) is 0.913. The molecule has 2 atom stereocenters. The summed E-state index contributed by atoms with van der Waals surface area (Å²) in [5.74, 6) is 2.21. The number of hydrogen-bond acceptors (Lipinski definition) is 4. The van der Waals surface area contributed by atoms with Crippen LogP contribution in [-0.2, 0) is 4.79 Å². The number of hydrogen-bond donors (Lipinski definition) is 1. The number of piperidine rings is 1. The van der Waals surface area contributed by atoms with Crippen LogP contribution in [-0.4, -0.2) is 109 Å². The molecule has 0 aromatic heterocycles. The van der Waals surface area contributed by atoms with E-state index in [2.05, 4.69) is 47.7 Å². The van der Waals surface area contributed by atoms with Gasteiger partial charge in [-0.05, 0) is 65.5 Å². The molecular formula is C23H44N6O. The molecule has 3 aliphatic heterocycles. The van der Waals surface area contributed by atoms with E-state index in [-0.39, 0.29) is 6.04 Å². The normalized spacial score (nSPS) is 24.9. The van der Waals surface area contributed by atoms with Gasteiger partial charge < -0.3 is 15.1 Å². The van der Waals surface area contributed by atoms with Gasteiger partial charge >= 0.3 is 0 Å². The van der Waals surface area contributed by atoms with Crippen molar-refractivity contribution in [1.29, 1.82) is 0 Å². The molecule has 1 N–H and O–H groups in total. The molecule has 0 bridgehead atoms. The zero-order chi connectivity index (χ0) is 21.5. The van der Waals surface area contributed by atoms with E-state index in [4.69, 9.17) is 4.99 Å². The van der Waals surface area contributed by atoms with Gasteiger partial charge in [0.1, 0.15) is 0 Å². The number of piperazine rings is 1. The number of guanidine groups is 1. The topological polar surface area (TPSA) is 54.4 Å². The minimum absolute atomic E-state index is 0.00807. The lowest BCUT2D eigenvalue weighted by Gasteiger charge is -2.40. The summed E-state index contributed by atoms with van der Waals surface area (Å²) in [4.78, 5) is 27.1. The highest BCUT2D eigenvalue weighted by Gasteiger charge is 2.30. The summed E-state index contributed by atoms with van der Waals surface area (Å²) in [5, 5.41) is 3.49. The van der Waals surface area contributed by atoms with E-state index in [1.807, 2.05) is 4.90 Å². The first-order valence-corrected chi connectivity index (χ1v) is 12.3. The van der Waals surface area contributed by atoms with E-state index in [1.54, 1.807) is 0 Å². The molecule has 3 fully saturated rings. The number of carbonyl (C=O) groups is 1. The Morgan fingerprint density at radius 3 is 2.17 bits per heavy atom. The lowest BCUT2D eigenvalue weighted by molar-refractivity contribution is -0.135. The molecule has 3 heterocycles. The molecule has 0 aromatic carbocycles. The average molecular weight is 421 g/mol. The van der Waals surface area contributed by atoms with Crippen molar-refractivity contribution >= 4 is 11.9 Å². The third-order valence-corrected chi connectivity index (χ3v) is 7.22. The molecule has 3 rings (SSSR count). The van der Waals surface area contributed by atoms with E-state index < -0.39 is 0 Å². The molecule has 3 saturated heterocycles. The second-order valence-corrected chi connectivity index (χ2v) is 9.49. The number of amides is 1. The Bertz CT molecular complexity index is 560. The van der Waals surface area contributed by atoms with Crippen LogP contribution in [0.15, 0.2) is 4.99 Å². The van der Waals surface area contributed by atoms with E-state index in [1.165, 1.54) is 25.9 Å². The highest BCUT2D eigenvalue weighted by atomic mass is 16.2. The summed E-state index contributed by atoms with van der Waals surface area (Å²) in [6.07, 6.45) is 4.93. The van der Waals surface area contributed by atoms with Crippen LogP contribution in [0.4, 0.5) is 0 Å². The van der Waals surface area contributed by atoms with Gasteiger partial charge in [-0.15, -0.1) is 0 Å².